The van der Waals surface area contributed by atoms with E-state index in [9.17, 15) is 9.90 Å². The third-order valence-electron chi connectivity index (χ3n) is 5.10. The van der Waals surface area contributed by atoms with Gasteiger partial charge in [-0.3, -0.25) is 4.79 Å². The number of rotatable bonds is 9. The number of hydrogen-bond donors (Lipinski definition) is 3. The summed E-state index contributed by atoms with van der Waals surface area (Å²) in [6, 6.07) is 9.85. The molecule has 0 bridgehead atoms. The van der Waals surface area contributed by atoms with E-state index in [-0.39, 0.29) is 17.7 Å². The summed E-state index contributed by atoms with van der Waals surface area (Å²) in [5.41, 5.74) is 2.86. The van der Waals surface area contributed by atoms with Crippen LogP contribution in [0.25, 0.3) is 16.7 Å². The van der Waals surface area contributed by atoms with Crippen LogP contribution >= 0.6 is 11.3 Å². The number of aliphatic hydroxyl groups excluding tert-OH is 1. The number of benzene rings is 1. The zero-order chi connectivity index (χ0) is 22.7. The number of aromatic nitrogens is 4. The largest absolute Gasteiger partial charge is 0.394 e. The Kier molecular flexibility index (Phi) is 6.22. The van der Waals surface area contributed by atoms with Crippen LogP contribution in [0.1, 0.15) is 19.4 Å². The Hall–Kier alpha value is -3.27. The second kappa shape index (κ2) is 9.07. The van der Waals surface area contributed by atoms with Gasteiger partial charge in [-0.2, -0.15) is 16.3 Å². The first-order valence-corrected chi connectivity index (χ1v) is 11.2. The molecule has 0 aliphatic rings. The number of anilines is 2. The Morgan fingerprint density at radius 1 is 1.25 bits per heavy atom. The highest BCUT2D eigenvalue weighted by Crippen LogP contribution is 2.21. The molecule has 0 unspecified atom stereocenters. The van der Waals surface area contributed by atoms with Crippen LogP contribution in [0, 0.1) is 0 Å². The van der Waals surface area contributed by atoms with E-state index in [0.29, 0.717) is 30.1 Å². The van der Waals surface area contributed by atoms with Gasteiger partial charge in [-0.25, -0.2) is 14.3 Å². The predicted molar refractivity (Wildman–Crippen MR) is 129 cm³/mol. The number of thiophene rings is 1. The third-order valence-corrected chi connectivity index (χ3v) is 5.78. The van der Waals surface area contributed by atoms with Crippen LogP contribution in [0.3, 0.4) is 0 Å². The maximum atomic E-state index is 12.9. The highest BCUT2D eigenvalue weighted by molar-refractivity contribution is 7.08. The lowest BCUT2D eigenvalue weighted by molar-refractivity contribution is 0.187. The second-order valence-corrected chi connectivity index (χ2v) is 8.90. The van der Waals surface area contributed by atoms with Crippen molar-refractivity contribution in [2.24, 2.45) is 0 Å². The molecule has 0 radical (unpaired) electrons. The first-order valence-electron chi connectivity index (χ1n) is 10.3. The van der Waals surface area contributed by atoms with E-state index in [1.807, 2.05) is 54.9 Å². The minimum Gasteiger partial charge on any atom is -0.394 e. The first-order chi connectivity index (χ1) is 15.4. The summed E-state index contributed by atoms with van der Waals surface area (Å²) in [4.78, 5) is 21.9. The van der Waals surface area contributed by atoms with E-state index >= 15 is 0 Å². The number of nitrogens with one attached hydrogen (secondary N) is 2. The fraction of sp³-hybridized carbons (Fsp3) is 0.261. The molecule has 0 fully saturated rings. The molecule has 3 N–H and O–H groups in total. The Morgan fingerprint density at radius 2 is 2.03 bits per heavy atom. The minimum absolute atomic E-state index is 0.0669. The molecule has 0 aliphatic heterocycles. The molecule has 4 rings (SSSR count). The number of nitrogens with zero attached hydrogens (tertiary/aromatic N) is 4. The average molecular weight is 451 g/mol. The number of fused-ring (bicyclic) bond motifs is 1. The fourth-order valence-electron chi connectivity index (χ4n) is 3.25. The van der Waals surface area contributed by atoms with Crippen molar-refractivity contribution < 1.29 is 5.11 Å². The van der Waals surface area contributed by atoms with Crippen molar-refractivity contribution in [3.8, 4) is 5.69 Å². The van der Waals surface area contributed by atoms with Gasteiger partial charge in [-0.1, -0.05) is 18.2 Å². The lowest BCUT2D eigenvalue weighted by Gasteiger charge is -2.23. The standard InChI is InChI=1S/C23H26N6O2S/c1-4-10-28-21(31)19-13-24-22(27-20(19)29(28)18-9-11-32-14-18)26-17-7-5-16(6-8-17)12-25-23(2,3)15-30/h4-9,11,13-14,25,30H,1,10,12,15H2,2-3H3,(H,24,26,27). The molecule has 4 aromatic rings. The summed E-state index contributed by atoms with van der Waals surface area (Å²) in [7, 11) is 0. The molecule has 32 heavy (non-hydrogen) atoms. The van der Waals surface area contributed by atoms with Gasteiger partial charge in [0.05, 0.1) is 18.8 Å². The van der Waals surface area contributed by atoms with Crippen molar-refractivity contribution in [1.82, 2.24) is 24.6 Å². The quantitative estimate of drug-likeness (QED) is 0.338. The second-order valence-electron chi connectivity index (χ2n) is 8.12. The van der Waals surface area contributed by atoms with Crippen LogP contribution in [0.15, 0.2) is 64.7 Å². The van der Waals surface area contributed by atoms with Crippen molar-refractivity contribution >= 4 is 34.0 Å². The monoisotopic (exact) mass is 450 g/mol. The molecular formula is C23H26N6O2S. The van der Waals surface area contributed by atoms with Gasteiger partial charge in [0.15, 0.2) is 5.65 Å². The third kappa shape index (κ3) is 4.50. The number of aliphatic hydroxyl groups is 1. The van der Waals surface area contributed by atoms with Crippen molar-refractivity contribution in [2.45, 2.75) is 32.5 Å². The normalized spacial score (nSPS) is 11.7. The van der Waals surface area contributed by atoms with Crippen molar-refractivity contribution in [3.63, 3.8) is 0 Å². The maximum absolute atomic E-state index is 12.9. The van der Waals surface area contributed by atoms with Crippen LogP contribution in [0.4, 0.5) is 11.6 Å². The zero-order valence-electron chi connectivity index (χ0n) is 18.1. The van der Waals surface area contributed by atoms with Crippen LogP contribution in [0.2, 0.25) is 0 Å². The molecule has 0 saturated heterocycles. The molecule has 3 heterocycles. The van der Waals surface area contributed by atoms with Gasteiger partial charge in [0, 0.05) is 29.3 Å². The van der Waals surface area contributed by atoms with Gasteiger partial charge in [-0.15, -0.1) is 6.58 Å². The van der Waals surface area contributed by atoms with Crippen molar-refractivity contribution in [2.75, 3.05) is 11.9 Å². The molecule has 0 aliphatic carbocycles. The van der Waals surface area contributed by atoms with Crippen LogP contribution in [0.5, 0.6) is 0 Å². The molecule has 166 valence electrons. The summed E-state index contributed by atoms with van der Waals surface area (Å²) in [6.45, 7) is 8.76. The molecule has 0 amide bonds. The molecule has 0 saturated carbocycles. The molecular weight excluding hydrogens is 424 g/mol. The lowest BCUT2D eigenvalue weighted by Crippen LogP contribution is -2.42. The van der Waals surface area contributed by atoms with Crippen LogP contribution in [-0.2, 0) is 13.1 Å². The molecule has 0 spiro atoms. The Labute approximate surface area is 189 Å². The highest BCUT2D eigenvalue weighted by Gasteiger charge is 2.17. The summed E-state index contributed by atoms with van der Waals surface area (Å²) in [5.74, 6) is 0.407. The van der Waals surface area contributed by atoms with Crippen molar-refractivity contribution in [3.05, 3.63) is 75.9 Å². The average Bonchev–Trinajstić information content (AvgIpc) is 3.41. The predicted octanol–water partition coefficient (Wildman–Crippen LogP) is 3.43. The van der Waals surface area contributed by atoms with Gasteiger partial charge in [0.2, 0.25) is 5.95 Å². The molecule has 8 nitrogen and oxygen atoms in total. The number of allylic oxidation sites excluding steroid dienone is 1. The Morgan fingerprint density at radius 3 is 2.69 bits per heavy atom. The maximum Gasteiger partial charge on any atom is 0.278 e. The van der Waals surface area contributed by atoms with E-state index in [4.69, 9.17) is 0 Å². The Bertz CT molecular complexity index is 1270. The lowest BCUT2D eigenvalue weighted by atomic mass is 10.1. The Balaban J connectivity index is 1.61. The minimum atomic E-state index is -0.333. The first kappa shape index (κ1) is 21.9. The van der Waals surface area contributed by atoms with Gasteiger partial charge in [0.1, 0.15) is 5.39 Å². The van der Waals surface area contributed by atoms with Crippen molar-refractivity contribution in [1.29, 1.82) is 0 Å². The molecule has 3 aromatic heterocycles. The fourth-order valence-corrected chi connectivity index (χ4v) is 3.86. The van der Waals surface area contributed by atoms with Crippen LogP contribution < -0.4 is 16.2 Å². The summed E-state index contributed by atoms with van der Waals surface area (Å²) in [6.07, 6.45) is 3.25. The van der Waals surface area contributed by atoms with Gasteiger partial charge < -0.3 is 15.7 Å². The van der Waals surface area contributed by atoms with Gasteiger partial charge in [-0.05, 0) is 43.0 Å². The van der Waals surface area contributed by atoms with E-state index in [0.717, 1.165) is 16.9 Å². The van der Waals surface area contributed by atoms with Gasteiger partial charge >= 0.3 is 0 Å². The molecule has 0 atom stereocenters. The van der Waals surface area contributed by atoms with Crippen LogP contribution in [-0.4, -0.2) is 36.6 Å². The highest BCUT2D eigenvalue weighted by atomic mass is 32.1. The number of hydrogen-bond acceptors (Lipinski definition) is 7. The van der Waals surface area contributed by atoms with E-state index in [1.165, 1.54) is 0 Å². The smallest absolute Gasteiger partial charge is 0.278 e. The zero-order valence-corrected chi connectivity index (χ0v) is 18.9. The topological polar surface area (TPSA) is 97.0 Å². The summed E-state index contributed by atoms with van der Waals surface area (Å²) >= 11 is 1.55. The van der Waals surface area contributed by atoms with E-state index < -0.39 is 0 Å². The SMILES string of the molecule is C=CCn1c(=O)c2cnc(Nc3ccc(CNC(C)(C)CO)cc3)nc2n1-c1ccsc1. The summed E-state index contributed by atoms with van der Waals surface area (Å²) in [5, 5.41) is 20.3. The van der Waals surface area contributed by atoms with E-state index in [2.05, 4.69) is 27.2 Å². The summed E-state index contributed by atoms with van der Waals surface area (Å²) < 4.78 is 3.41. The molecule has 9 heteroatoms. The van der Waals surface area contributed by atoms with E-state index in [1.54, 1.807) is 33.0 Å². The van der Waals surface area contributed by atoms with Gasteiger partial charge in [0.25, 0.3) is 5.56 Å². The molecule has 1 aromatic carbocycles.